The van der Waals surface area contributed by atoms with Crippen molar-refractivity contribution < 1.29 is 19.2 Å². The van der Waals surface area contributed by atoms with Crippen LogP contribution in [0.25, 0.3) is 0 Å². The van der Waals surface area contributed by atoms with Crippen LogP contribution in [0.1, 0.15) is 38.8 Å². The fourth-order valence-corrected chi connectivity index (χ4v) is 2.92. The molecule has 1 atom stereocenters. The number of anilines is 1. The molecule has 0 saturated carbocycles. The zero-order valence-electron chi connectivity index (χ0n) is 15.6. The zero-order chi connectivity index (χ0) is 20.4. The van der Waals surface area contributed by atoms with Gasteiger partial charge in [0, 0.05) is 5.69 Å². The second-order valence-corrected chi connectivity index (χ2v) is 6.61. The van der Waals surface area contributed by atoms with Crippen molar-refractivity contribution in [1.29, 1.82) is 0 Å². The first-order valence-corrected chi connectivity index (χ1v) is 8.55. The van der Waals surface area contributed by atoms with Crippen molar-refractivity contribution in [2.75, 3.05) is 5.32 Å². The van der Waals surface area contributed by atoms with Crippen LogP contribution >= 0.6 is 0 Å². The third-order valence-electron chi connectivity index (χ3n) is 4.13. The van der Waals surface area contributed by atoms with Gasteiger partial charge in [0.15, 0.2) is 5.78 Å². The average Bonchev–Trinajstić information content (AvgIpc) is 2.87. The van der Waals surface area contributed by atoms with Gasteiger partial charge < -0.3 is 5.32 Å². The number of ketones is 1. The highest BCUT2D eigenvalue weighted by Crippen LogP contribution is 2.23. The Morgan fingerprint density at radius 1 is 0.964 bits per heavy atom. The summed E-state index contributed by atoms with van der Waals surface area (Å²) in [5.74, 6) is -2.07. The Kier molecular flexibility index (Phi) is 5.12. The fourth-order valence-electron chi connectivity index (χ4n) is 2.92. The number of nitrogens with one attached hydrogen (secondary N) is 2. The predicted octanol–water partition coefficient (Wildman–Crippen LogP) is 2.87. The minimum absolute atomic E-state index is 0.181. The molecule has 0 spiro atoms. The highest BCUT2D eigenvalue weighted by molar-refractivity contribution is 6.21. The first-order valence-electron chi connectivity index (χ1n) is 8.55. The smallest absolute Gasteiger partial charge is 0.259 e. The standard InChI is InChI=1S/C20H18N4O4/c1-10-6-11(2)8-14(7-10)21-20(28)17(12(3)25)24-23-13-4-5-15-16(9-13)19(27)22-18(15)26/h4-9,17H,1-3H3,(H,21,28)(H,22,26,27). The minimum Gasteiger partial charge on any atom is -0.324 e. The average molecular weight is 378 g/mol. The van der Waals surface area contributed by atoms with Crippen LogP contribution in [0.3, 0.4) is 0 Å². The van der Waals surface area contributed by atoms with Crippen LogP contribution in [0.2, 0.25) is 0 Å². The molecule has 0 aliphatic carbocycles. The molecule has 0 bridgehead atoms. The van der Waals surface area contributed by atoms with Gasteiger partial charge in [0.05, 0.1) is 16.8 Å². The minimum atomic E-state index is -1.33. The molecular weight excluding hydrogens is 360 g/mol. The molecule has 3 amide bonds. The van der Waals surface area contributed by atoms with E-state index in [1.165, 1.54) is 25.1 Å². The molecule has 8 nitrogen and oxygen atoms in total. The highest BCUT2D eigenvalue weighted by Gasteiger charge is 2.27. The number of amides is 3. The number of carbonyl (C=O) groups is 4. The van der Waals surface area contributed by atoms with Crippen molar-refractivity contribution in [1.82, 2.24) is 5.32 Å². The summed E-state index contributed by atoms with van der Waals surface area (Å²) in [4.78, 5) is 47.7. The van der Waals surface area contributed by atoms with Crippen molar-refractivity contribution >= 4 is 34.9 Å². The number of Topliss-reactive ketones (excluding diaryl/α,β-unsaturated/α-hetero) is 1. The Hall–Kier alpha value is -3.68. The van der Waals surface area contributed by atoms with E-state index in [1.807, 2.05) is 19.9 Å². The second-order valence-electron chi connectivity index (χ2n) is 6.61. The topological polar surface area (TPSA) is 117 Å². The van der Waals surface area contributed by atoms with Gasteiger partial charge in [0.2, 0.25) is 6.04 Å². The Labute approximate surface area is 161 Å². The lowest BCUT2D eigenvalue weighted by Gasteiger charge is -2.11. The molecule has 3 rings (SSSR count). The van der Waals surface area contributed by atoms with Crippen LogP contribution in [0.4, 0.5) is 11.4 Å². The summed E-state index contributed by atoms with van der Waals surface area (Å²) in [6.45, 7) is 5.05. The van der Waals surface area contributed by atoms with Crippen molar-refractivity contribution in [3.05, 3.63) is 58.7 Å². The molecule has 2 N–H and O–H groups in total. The summed E-state index contributed by atoms with van der Waals surface area (Å²) in [7, 11) is 0. The summed E-state index contributed by atoms with van der Waals surface area (Å²) in [5.41, 5.74) is 3.20. The second kappa shape index (κ2) is 7.51. The van der Waals surface area contributed by atoms with E-state index in [1.54, 1.807) is 12.1 Å². The van der Waals surface area contributed by atoms with Crippen LogP contribution in [0, 0.1) is 13.8 Å². The van der Waals surface area contributed by atoms with E-state index >= 15 is 0 Å². The lowest BCUT2D eigenvalue weighted by Crippen LogP contribution is -2.31. The molecule has 0 saturated heterocycles. The van der Waals surface area contributed by atoms with Gasteiger partial charge in [-0.25, -0.2) is 0 Å². The molecule has 1 unspecified atom stereocenters. The van der Waals surface area contributed by atoms with Crippen LogP contribution in [-0.4, -0.2) is 29.5 Å². The number of carbonyl (C=O) groups excluding carboxylic acids is 4. The number of rotatable bonds is 5. The Morgan fingerprint density at radius 2 is 1.61 bits per heavy atom. The molecule has 142 valence electrons. The van der Waals surface area contributed by atoms with Gasteiger partial charge in [-0.05, 0) is 62.2 Å². The molecule has 1 aliphatic rings. The summed E-state index contributed by atoms with van der Waals surface area (Å²) < 4.78 is 0. The van der Waals surface area contributed by atoms with Gasteiger partial charge in [-0.1, -0.05) is 6.07 Å². The number of aryl methyl sites for hydroxylation is 2. The quantitative estimate of drug-likeness (QED) is 0.472. The normalized spacial score (nSPS) is 14.0. The highest BCUT2D eigenvalue weighted by atomic mass is 16.2. The van der Waals surface area contributed by atoms with Gasteiger partial charge in [-0.3, -0.25) is 24.5 Å². The molecule has 1 aliphatic heterocycles. The lowest BCUT2D eigenvalue weighted by atomic mass is 10.1. The molecule has 2 aromatic carbocycles. The van der Waals surface area contributed by atoms with Crippen molar-refractivity contribution in [2.45, 2.75) is 26.8 Å². The van der Waals surface area contributed by atoms with Crippen LogP contribution in [0.15, 0.2) is 46.6 Å². The Bertz CT molecular complexity index is 1020. The van der Waals surface area contributed by atoms with Crippen LogP contribution in [0.5, 0.6) is 0 Å². The summed E-state index contributed by atoms with van der Waals surface area (Å²) >= 11 is 0. The Balaban J connectivity index is 1.80. The third kappa shape index (κ3) is 4.01. The summed E-state index contributed by atoms with van der Waals surface area (Å²) in [6.07, 6.45) is 0. The number of nitrogens with zero attached hydrogens (tertiary/aromatic N) is 2. The van der Waals surface area contributed by atoms with Gasteiger partial charge in [0.1, 0.15) is 0 Å². The molecule has 1 heterocycles. The largest absolute Gasteiger partial charge is 0.324 e. The molecule has 0 radical (unpaired) electrons. The lowest BCUT2D eigenvalue weighted by molar-refractivity contribution is -0.126. The molecule has 0 aromatic heterocycles. The van der Waals surface area contributed by atoms with E-state index in [0.29, 0.717) is 5.69 Å². The summed E-state index contributed by atoms with van der Waals surface area (Å²) in [5, 5.41) is 12.6. The predicted molar refractivity (Wildman–Crippen MR) is 102 cm³/mol. The maximum atomic E-state index is 12.5. The van der Waals surface area contributed by atoms with E-state index in [9.17, 15) is 19.2 Å². The number of benzene rings is 2. The zero-order valence-corrected chi connectivity index (χ0v) is 15.6. The number of fused-ring (bicyclic) bond motifs is 1. The van der Waals surface area contributed by atoms with E-state index in [-0.39, 0.29) is 16.8 Å². The number of hydrogen-bond donors (Lipinski definition) is 2. The van der Waals surface area contributed by atoms with Gasteiger partial charge in [-0.15, -0.1) is 0 Å². The number of hydrogen-bond acceptors (Lipinski definition) is 6. The van der Waals surface area contributed by atoms with E-state index < -0.39 is 29.5 Å². The molecule has 8 heteroatoms. The van der Waals surface area contributed by atoms with Crippen LogP contribution < -0.4 is 10.6 Å². The summed E-state index contributed by atoms with van der Waals surface area (Å²) in [6, 6.07) is 8.53. The first-order chi connectivity index (χ1) is 13.2. The van der Waals surface area contributed by atoms with Crippen molar-refractivity contribution in [3.8, 4) is 0 Å². The SMILES string of the molecule is CC(=O)C(N=Nc1ccc2c(c1)C(=O)NC2=O)C(=O)Nc1cc(C)cc(C)c1. The maximum Gasteiger partial charge on any atom is 0.259 e. The van der Waals surface area contributed by atoms with Crippen LogP contribution in [-0.2, 0) is 9.59 Å². The molecule has 28 heavy (non-hydrogen) atoms. The molecule has 2 aromatic rings. The maximum absolute atomic E-state index is 12.5. The fraction of sp³-hybridized carbons (Fsp3) is 0.200. The third-order valence-corrected chi connectivity index (χ3v) is 4.13. The monoisotopic (exact) mass is 378 g/mol. The van der Waals surface area contributed by atoms with Gasteiger partial charge in [-0.2, -0.15) is 10.2 Å². The van der Waals surface area contributed by atoms with Crippen molar-refractivity contribution in [2.24, 2.45) is 10.2 Å². The van der Waals surface area contributed by atoms with E-state index in [2.05, 4.69) is 20.9 Å². The van der Waals surface area contributed by atoms with E-state index in [4.69, 9.17) is 0 Å². The van der Waals surface area contributed by atoms with Gasteiger partial charge >= 0.3 is 0 Å². The van der Waals surface area contributed by atoms with Crippen molar-refractivity contribution in [3.63, 3.8) is 0 Å². The number of azo groups is 1. The molecule has 0 fully saturated rings. The van der Waals surface area contributed by atoms with E-state index in [0.717, 1.165) is 11.1 Å². The number of imide groups is 1. The first kappa shape index (κ1) is 19.1. The van der Waals surface area contributed by atoms with Gasteiger partial charge in [0.25, 0.3) is 17.7 Å². The Morgan fingerprint density at radius 3 is 2.25 bits per heavy atom. The molecular formula is C20H18N4O4.